The standard InChI is InChI=1S/C17H16N2O3/c1-11-6-5-7-12(2)16(11)22-10-13-15(17(20)21)19-9-4-3-8-14(19)18-13/h3-9H,10H2,1-2H3,(H,20,21). The molecular weight excluding hydrogens is 280 g/mol. The van der Waals surface area contributed by atoms with Crippen LogP contribution in [0, 0.1) is 13.8 Å². The molecule has 0 unspecified atom stereocenters. The number of pyridine rings is 1. The molecule has 2 aromatic heterocycles. The third kappa shape index (κ3) is 2.41. The third-order valence-corrected chi connectivity index (χ3v) is 3.57. The van der Waals surface area contributed by atoms with Gasteiger partial charge in [0.25, 0.3) is 0 Å². The number of ether oxygens (including phenoxy) is 1. The zero-order chi connectivity index (χ0) is 15.7. The number of hydrogen-bond donors (Lipinski definition) is 1. The van der Waals surface area contributed by atoms with Crippen molar-refractivity contribution in [3.8, 4) is 5.75 Å². The highest BCUT2D eigenvalue weighted by Crippen LogP contribution is 2.24. The smallest absolute Gasteiger partial charge is 0.354 e. The van der Waals surface area contributed by atoms with E-state index in [4.69, 9.17) is 4.74 Å². The van der Waals surface area contributed by atoms with Crippen LogP contribution in [0.5, 0.6) is 5.75 Å². The summed E-state index contributed by atoms with van der Waals surface area (Å²) < 4.78 is 7.40. The molecule has 2 heterocycles. The van der Waals surface area contributed by atoms with Gasteiger partial charge in [-0.1, -0.05) is 24.3 Å². The number of aromatic nitrogens is 2. The van der Waals surface area contributed by atoms with Crippen LogP contribution in [0.4, 0.5) is 0 Å². The molecule has 0 aliphatic rings. The Bertz CT molecular complexity index is 832. The molecule has 5 heteroatoms. The summed E-state index contributed by atoms with van der Waals surface area (Å²) in [6, 6.07) is 11.3. The predicted molar refractivity (Wildman–Crippen MR) is 82.4 cm³/mol. The van der Waals surface area contributed by atoms with Gasteiger partial charge < -0.3 is 9.84 Å². The van der Waals surface area contributed by atoms with Gasteiger partial charge in [-0.3, -0.25) is 4.40 Å². The first-order valence-electron chi connectivity index (χ1n) is 6.96. The second-order valence-electron chi connectivity index (χ2n) is 5.15. The van der Waals surface area contributed by atoms with E-state index < -0.39 is 5.97 Å². The number of benzene rings is 1. The summed E-state index contributed by atoms with van der Waals surface area (Å²) in [5.74, 6) is -0.241. The van der Waals surface area contributed by atoms with Crippen LogP contribution >= 0.6 is 0 Å². The minimum Gasteiger partial charge on any atom is -0.487 e. The normalized spacial score (nSPS) is 10.8. The fourth-order valence-electron chi connectivity index (χ4n) is 2.54. The van der Waals surface area contributed by atoms with Crippen LogP contribution in [0.3, 0.4) is 0 Å². The van der Waals surface area contributed by atoms with Gasteiger partial charge in [0, 0.05) is 6.20 Å². The third-order valence-electron chi connectivity index (χ3n) is 3.57. The van der Waals surface area contributed by atoms with Crippen molar-refractivity contribution in [1.82, 2.24) is 9.38 Å². The van der Waals surface area contributed by atoms with Crippen LogP contribution in [0.15, 0.2) is 42.6 Å². The fourth-order valence-corrected chi connectivity index (χ4v) is 2.54. The molecule has 3 rings (SSSR count). The van der Waals surface area contributed by atoms with Crippen molar-refractivity contribution < 1.29 is 14.6 Å². The molecule has 0 bridgehead atoms. The summed E-state index contributed by atoms with van der Waals surface area (Å²) in [6.07, 6.45) is 1.69. The fraction of sp³-hybridized carbons (Fsp3) is 0.176. The molecule has 1 aromatic carbocycles. The van der Waals surface area contributed by atoms with E-state index in [-0.39, 0.29) is 12.3 Å². The Morgan fingerprint density at radius 3 is 2.59 bits per heavy atom. The van der Waals surface area contributed by atoms with Crippen LogP contribution in [0.2, 0.25) is 0 Å². The van der Waals surface area contributed by atoms with Crippen LogP contribution < -0.4 is 4.74 Å². The highest BCUT2D eigenvalue weighted by molar-refractivity contribution is 5.88. The Morgan fingerprint density at radius 2 is 1.91 bits per heavy atom. The van der Waals surface area contributed by atoms with Gasteiger partial charge in [0.15, 0.2) is 5.69 Å². The number of imidazole rings is 1. The predicted octanol–water partition coefficient (Wildman–Crippen LogP) is 3.23. The van der Waals surface area contributed by atoms with Gasteiger partial charge in [0.05, 0.1) is 0 Å². The van der Waals surface area contributed by atoms with Gasteiger partial charge >= 0.3 is 5.97 Å². The maximum atomic E-state index is 11.5. The molecule has 3 aromatic rings. The lowest BCUT2D eigenvalue weighted by atomic mass is 10.1. The van der Waals surface area contributed by atoms with E-state index in [1.807, 2.05) is 38.1 Å². The molecule has 0 fully saturated rings. The SMILES string of the molecule is Cc1cccc(C)c1OCc1nc2ccccn2c1C(=O)O. The zero-order valence-electron chi connectivity index (χ0n) is 12.4. The van der Waals surface area contributed by atoms with Crippen molar-refractivity contribution in [2.75, 3.05) is 0 Å². The molecule has 112 valence electrons. The topological polar surface area (TPSA) is 63.8 Å². The maximum Gasteiger partial charge on any atom is 0.354 e. The molecule has 22 heavy (non-hydrogen) atoms. The van der Waals surface area contributed by atoms with Gasteiger partial charge in [0.2, 0.25) is 0 Å². The minimum absolute atomic E-state index is 0.120. The number of carboxylic acids is 1. The molecule has 0 aliphatic carbocycles. The number of hydrogen-bond acceptors (Lipinski definition) is 3. The number of para-hydroxylation sites is 1. The minimum atomic E-state index is -1.01. The Balaban J connectivity index is 1.97. The molecule has 0 saturated carbocycles. The quantitative estimate of drug-likeness (QED) is 0.803. The van der Waals surface area contributed by atoms with Gasteiger partial charge in [0.1, 0.15) is 23.7 Å². The molecule has 0 amide bonds. The van der Waals surface area contributed by atoms with E-state index in [0.717, 1.165) is 16.9 Å². The van der Waals surface area contributed by atoms with Crippen molar-refractivity contribution >= 4 is 11.6 Å². The first-order chi connectivity index (χ1) is 10.6. The first-order valence-corrected chi connectivity index (χ1v) is 6.96. The van der Waals surface area contributed by atoms with E-state index in [0.29, 0.717) is 11.3 Å². The average Bonchev–Trinajstić information content (AvgIpc) is 2.85. The van der Waals surface area contributed by atoms with Crippen molar-refractivity contribution in [3.05, 3.63) is 65.1 Å². The Hall–Kier alpha value is -2.82. The zero-order valence-corrected chi connectivity index (χ0v) is 12.4. The van der Waals surface area contributed by atoms with E-state index in [2.05, 4.69) is 4.98 Å². The second-order valence-corrected chi connectivity index (χ2v) is 5.15. The van der Waals surface area contributed by atoms with E-state index in [1.165, 1.54) is 0 Å². The Kier molecular flexibility index (Phi) is 3.55. The lowest BCUT2D eigenvalue weighted by molar-refractivity contribution is 0.0686. The van der Waals surface area contributed by atoms with Crippen molar-refractivity contribution in [2.24, 2.45) is 0 Å². The lowest BCUT2D eigenvalue weighted by Gasteiger charge is -2.11. The van der Waals surface area contributed by atoms with Crippen molar-refractivity contribution in [3.63, 3.8) is 0 Å². The van der Waals surface area contributed by atoms with E-state index in [1.54, 1.807) is 22.7 Å². The van der Waals surface area contributed by atoms with Crippen molar-refractivity contribution in [1.29, 1.82) is 0 Å². The highest BCUT2D eigenvalue weighted by Gasteiger charge is 2.19. The number of aromatic carboxylic acids is 1. The molecule has 1 N–H and O–H groups in total. The maximum absolute atomic E-state index is 11.5. The van der Waals surface area contributed by atoms with Crippen molar-refractivity contribution in [2.45, 2.75) is 20.5 Å². The molecule has 5 nitrogen and oxygen atoms in total. The number of nitrogens with zero attached hydrogens (tertiary/aromatic N) is 2. The summed E-state index contributed by atoms with van der Waals surface area (Å²) in [5, 5.41) is 9.44. The molecule has 0 saturated heterocycles. The highest BCUT2D eigenvalue weighted by atomic mass is 16.5. The lowest BCUT2D eigenvalue weighted by Crippen LogP contribution is -2.08. The number of carbonyl (C=O) groups is 1. The summed E-state index contributed by atoms with van der Waals surface area (Å²) in [7, 11) is 0. The van der Waals surface area contributed by atoms with Crippen LogP contribution in [0.1, 0.15) is 27.3 Å². The van der Waals surface area contributed by atoms with E-state index >= 15 is 0 Å². The molecule has 0 atom stereocenters. The largest absolute Gasteiger partial charge is 0.487 e. The Morgan fingerprint density at radius 1 is 1.18 bits per heavy atom. The van der Waals surface area contributed by atoms with Crippen LogP contribution in [-0.2, 0) is 6.61 Å². The first kappa shape index (κ1) is 14.1. The summed E-state index contributed by atoms with van der Waals surface area (Å²) in [6.45, 7) is 4.04. The van der Waals surface area contributed by atoms with Crippen LogP contribution in [-0.4, -0.2) is 20.5 Å². The van der Waals surface area contributed by atoms with Gasteiger partial charge in [-0.2, -0.15) is 0 Å². The second kappa shape index (κ2) is 5.52. The number of fused-ring (bicyclic) bond motifs is 1. The summed E-state index contributed by atoms with van der Waals surface area (Å²) in [5.41, 5.74) is 3.18. The van der Waals surface area contributed by atoms with Gasteiger partial charge in [-0.15, -0.1) is 0 Å². The summed E-state index contributed by atoms with van der Waals surface area (Å²) in [4.78, 5) is 15.9. The molecule has 0 aliphatic heterocycles. The average molecular weight is 296 g/mol. The number of carboxylic acid groups (broad SMARTS) is 1. The van der Waals surface area contributed by atoms with Gasteiger partial charge in [-0.05, 0) is 37.1 Å². The molecule has 0 radical (unpaired) electrons. The molecular formula is C17H16N2O3. The Labute approximate surface area is 127 Å². The molecule has 0 spiro atoms. The van der Waals surface area contributed by atoms with Gasteiger partial charge in [-0.25, -0.2) is 9.78 Å². The number of rotatable bonds is 4. The van der Waals surface area contributed by atoms with E-state index in [9.17, 15) is 9.90 Å². The summed E-state index contributed by atoms with van der Waals surface area (Å²) >= 11 is 0. The number of aryl methyl sites for hydroxylation is 2. The monoisotopic (exact) mass is 296 g/mol. The van der Waals surface area contributed by atoms with Crippen LogP contribution in [0.25, 0.3) is 5.65 Å².